The first-order valence-corrected chi connectivity index (χ1v) is 10.1. The maximum atomic E-state index is 6.06. The van der Waals surface area contributed by atoms with Crippen LogP contribution in [0.5, 0.6) is 0 Å². The highest BCUT2D eigenvalue weighted by Crippen LogP contribution is 2.36. The quantitative estimate of drug-likeness (QED) is 0.763. The summed E-state index contributed by atoms with van der Waals surface area (Å²) in [6, 6.07) is 10.9. The molecule has 1 saturated carbocycles. The predicted molar refractivity (Wildman–Crippen MR) is 115 cm³/mol. The van der Waals surface area contributed by atoms with Crippen molar-refractivity contribution in [1.29, 1.82) is 0 Å². The van der Waals surface area contributed by atoms with Crippen LogP contribution in [0.25, 0.3) is 0 Å². The molecule has 0 unspecified atom stereocenters. The number of rotatable bonds is 5. The van der Waals surface area contributed by atoms with Crippen LogP contribution in [0.4, 0.5) is 0 Å². The zero-order valence-corrected chi connectivity index (χ0v) is 17.5. The third-order valence-electron chi connectivity index (χ3n) is 5.71. The first-order valence-electron chi connectivity index (χ1n) is 9.25. The molecule has 1 aromatic carbocycles. The Kier molecular flexibility index (Phi) is 8.37. The van der Waals surface area contributed by atoms with Crippen LogP contribution in [-0.4, -0.2) is 29.5 Å². The van der Waals surface area contributed by atoms with Gasteiger partial charge in [0.15, 0.2) is 0 Å². The van der Waals surface area contributed by atoms with Crippen molar-refractivity contribution in [1.82, 2.24) is 9.88 Å². The van der Waals surface area contributed by atoms with Gasteiger partial charge in [-0.2, -0.15) is 0 Å². The Hall–Kier alpha value is -0.650. The molecule has 26 heavy (non-hydrogen) atoms. The van der Waals surface area contributed by atoms with E-state index in [1.54, 1.807) is 0 Å². The molecule has 1 aliphatic heterocycles. The summed E-state index contributed by atoms with van der Waals surface area (Å²) in [5.74, 6) is 1.85. The molecular formula is C20H29Cl2N3S. The molecule has 0 spiro atoms. The number of nitrogens with zero attached hydrogens (tertiary/aromatic N) is 2. The molecule has 0 amide bonds. The van der Waals surface area contributed by atoms with Gasteiger partial charge in [0.05, 0.1) is 10.7 Å². The SMILES string of the molecule is Cl.Cl.NC[C@@H]1CN(Cc2csc(C3CCCC3)n2)C[C@H]1c1ccccc1. The van der Waals surface area contributed by atoms with Gasteiger partial charge in [-0.05, 0) is 30.9 Å². The fourth-order valence-corrected chi connectivity index (χ4v) is 5.37. The number of benzene rings is 1. The molecule has 0 radical (unpaired) electrons. The zero-order chi connectivity index (χ0) is 16.4. The summed E-state index contributed by atoms with van der Waals surface area (Å²) in [6.45, 7) is 3.93. The molecule has 2 aliphatic rings. The van der Waals surface area contributed by atoms with Crippen LogP contribution in [0, 0.1) is 5.92 Å². The summed E-state index contributed by atoms with van der Waals surface area (Å²) in [4.78, 5) is 7.49. The average molecular weight is 414 g/mol. The van der Waals surface area contributed by atoms with Crippen LogP contribution >= 0.6 is 36.2 Å². The molecule has 6 heteroatoms. The Morgan fingerprint density at radius 1 is 1.08 bits per heavy atom. The number of halogens is 2. The van der Waals surface area contributed by atoms with Crippen molar-refractivity contribution in [3.63, 3.8) is 0 Å². The van der Waals surface area contributed by atoms with Gasteiger partial charge in [0.25, 0.3) is 0 Å². The first-order chi connectivity index (χ1) is 11.8. The average Bonchev–Trinajstić information content (AvgIpc) is 3.36. The summed E-state index contributed by atoms with van der Waals surface area (Å²) < 4.78 is 0. The Morgan fingerprint density at radius 2 is 1.81 bits per heavy atom. The van der Waals surface area contributed by atoms with Crippen LogP contribution < -0.4 is 5.73 Å². The van der Waals surface area contributed by atoms with Crippen molar-refractivity contribution < 1.29 is 0 Å². The predicted octanol–water partition coefficient (Wildman–Crippen LogP) is 4.82. The number of hydrogen-bond acceptors (Lipinski definition) is 4. The second-order valence-corrected chi connectivity index (χ2v) is 8.26. The van der Waals surface area contributed by atoms with E-state index in [9.17, 15) is 0 Å². The summed E-state index contributed by atoms with van der Waals surface area (Å²) in [6.07, 6.45) is 5.43. The lowest BCUT2D eigenvalue weighted by Gasteiger charge is -2.16. The highest BCUT2D eigenvalue weighted by molar-refractivity contribution is 7.09. The van der Waals surface area contributed by atoms with Gasteiger partial charge in [-0.3, -0.25) is 4.90 Å². The van der Waals surface area contributed by atoms with Gasteiger partial charge in [0.1, 0.15) is 0 Å². The summed E-state index contributed by atoms with van der Waals surface area (Å²) in [5.41, 5.74) is 8.75. The van der Waals surface area contributed by atoms with E-state index in [0.717, 1.165) is 32.1 Å². The molecule has 2 heterocycles. The van der Waals surface area contributed by atoms with Gasteiger partial charge in [-0.15, -0.1) is 36.2 Å². The fourth-order valence-electron chi connectivity index (χ4n) is 4.39. The van der Waals surface area contributed by atoms with E-state index in [4.69, 9.17) is 10.7 Å². The van der Waals surface area contributed by atoms with E-state index in [1.165, 1.54) is 41.9 Å². The van der Waals surface area contributed by atoms with Crippen LogP contribution in [0.15, 0.2) is 35.7 Å². The van der Waals surface area contributed by atoms with Crippen molar-refractivity contribution in [2.45, 2.75) is 44.1 Å². The lowest BCUT2D eigenvalue weighted by molar-refractivity contribution is 0.313. The zero-order valence-electron chi connectivity index (χ0n) is 15.0. The topological polar surface area (TPSA) is 42.1 Å². The smallest absolute Gasteiger partial charge is 0.0959 e. The Balaban J connectivity index is 0.00000121. The normalized spacial score (nSPS) is 23.6. The molecule has 1 saturated heterocycles. The lowest BCUT2D eigenvalue weighted by Crippen LogP contribution is -2.23. The Labute approximate surface area is 173 Å². The fraction of sp³-hybridized carbons (Fsp3) is 0.550. The number of hydrogen-bond donors (Lipinski definition) is 1. The highest BCUT2D eigenvalue weighted by atomic mass is 35.5. The van der Waals surface area contributed by atoms with Gasteiger partial charge in [-0.1, -0.05) is 43.2 Å². The highest BCUT2D eigenvalue weighted by Gasteiger charge is 2.33. The molecular weight excluding hydrogens is 385 g/mol. The van der Waals surface area contributed by atoms with Crippen molar-refractivity contribution >= 4 is 36.2 Å². The molecule has 0 bridgehead atoms. The monoisotopic (exact) mass is 413 g/mol. The number of thiazole rings is 1. The maximum absolute atomic E-state index is 6.06. The van der Waals surface area contributed by atoms with Gasteiger partial charge in [0.2, 0.25) is 0 Å². The Morgan fingerprint density at radius 3 is 2.50 bits per heavy atom. The third kappa shape index (κ3) is 4.79. The summed E-state index contributed by atoms with van der Waals surface area (Å²) >= 11 is 1.87. The molecule has 2 atom stereocenters. The standard InChI is InChI=1S/C20H27N3S.2ClH/c21-10-17-11-23(13-19(17)15-6-2-1-3-7-15)12-18-14-24-20(22-18)16-8-4-5-9-16;;/h1-3,6-7,14,16-17,19H,4-5,8-13,21H2;2*1H/t17-,19+;;/m1../s1. The van der Waals surface area contributed by atoms with E-state index < -0.39 is 0 Å². The molecule has 1 aliphatic carbocycles. The van der Waals surface area contributed by atoms with Gasteiger partial charge >= 0.3 is 0 Å². The van der Waals surface area contributed by atoms with Crippen LogP contribution in [-0.2, 0) is 6.54 Å². The summed E-state index contributed by atoms with van der Waals surface area (Å²) in [5, 5.41) is 3.65. The second kappa shape index (κ2) is 10.0. The van der Waals surface area contributed by atoms with E-state index in [1.807, 2.05) is 11.3 Å². The van der Waals surface area contributed by atoms with Crippen LogP contribution in [0.2, 0.25) is 0 Å². The van der Waals surface area contributed by atoms with Crippen molar-refractivity contribution in [3.8, 4) is 0 Å². The molecule has 2 N–H and O–H groups in total. The molecule has 1 aromatic heterocycles. The molecule has 3 nitrogen and oxygen atoms in total. The minimum atomic E-state index is 0. The first kappa shape index (κ1) is 21.6. The molecule has 4 rings (SSSR count). The summed E-state index contributed by atoms with van der Waals surface area (Å²) in [7, 11) is 0. The van der Waals surface area contributed by atoms with Crippen molar-refractivity contribution in [2.75, 3.05) is 19.6 Å². The van der Waals surface area contributed by atoms with Gasteiger partial charge < -0.3 is 5.73 Å². The Bertz CT molecular complexity index is 658. The van der Waals surface area contributed by atoms with E-state index in [0.29, 0.717) is 11.8 Å². The number of nitrogens with two attached hydrogens (primary N) is 1. The van der Waals surface area contributed by atoms with Crippen LogP contribution in [0.3, 0.4) is 0 Å². The number of likely N-dealkylation sites (tertiary alicyclic amines) is 1. The van der Waals surface area contributed by atoms with E-state index in [2.05, 4.69) is 40.6 Å². The number of aromatic nitrogens is 1. The minimum Gasteiger partial charge on any atom is -0.330 e. The largest absolute Gasteiger partial charge is 0.330 e. The lowest BCUT2D eigenvalue weighted by atomic mass is 9.89. The second-order valence-electron chi connectivity index (χ2n) is 7.37. The maximum Gasteiger partial charge on any atom is 0.0959 e. The van der Waals surface area contributed by atoms with Crippen LogP contribution in [0.1, 0.15) is 53.8 Å². The third-order valence-corrected chi connectivity index (χ3v) is 6.76. The minimum absolute atomic E-state index is 0. The molecule has 144 valence electrons. The van der Waals surface area contributed by atoms with E-state index in [-0.39, 0.29) is 24.8 Å². The molecule has 2 aromatic rings. The van der Waals surface area contributed by atoms with Crippen molar-refractivity contribution in [3.05, 3.63) is 52.0 Å². The van der Waals surface area contributed by atoms with Gasteiger partial charge in [-0.25, -0.2) is 4.98 Å². The van der Waals surface area contributed by atoms with Gasteiger partial charge in [0, 0.05) is 36.9 Å². The van der Waals surface area contributed by atoms with E-state index >= 15 is 0 Å². The molecule has 2 fully saturated rings. The van der Waals surface area contributed by atoms with Crippen molar-refractivity contribution in [2.24, 2.45) is 11.7 Å².